The van der Waals surface area contributed by atoms with E-state index in [0.29, 0.717) is 0 Å². The maximum atomic E-state index is 3.55. The zero-order valence-corrected chi connectivity index (χ0v) is 11.9. The van der Waals surface area contributed by atoms with Gasteiger partial charge in [-0.05, 0) is 62.8 Å². The molecule has 1 atom stereocenters. The van der Waals surface area contributed by atoms with E-state index in [9.17, 15) is 0 Å². The van der Waals surface area contributed by atoms with E-state index in [-0.39, 0.29) is 0 Å². The zero-order chi connectivity index (χ0) is 12.1. The molecule has 16 heavy (non-hydrogen) atoms. The molecule has 1 rings (SSSR count). The lowest BCUT2D eigenvalue weighted by Crippen LogP contribution is -2.37. The Hall–Kier alpha value is -0.0400. The van der Waals surface area contributed by atoms with Crippen LogP contribution < -0.4 is 5.32 Å². The molecule has 1 aliphatic carbocycles. The highest BCUT2D eigenvalue weighted by molar-refractivity contribution is 4.82. The third kappa shape index (κ3) is 4.08. The molecule has 0 heterocycles. The summed E-state index contributed by atoms with van der Waals surface area (Å²) in [5.74, 6) is 3.63. The first-order valence-corrected chi connectivity index (χ1v) is 7.21. The van der Waals surface area contributed by atoms with Gasteiger partial charge in [-0.2, -0.15) is 0 Å². The second-order valence-corrected chi connectivity index (χ2v) is 6.44. The van der Waals surface area contributed by atoms with Crippen molar-refractivity contribution in [1.29, 1.82) is 0 Å². The molecule has 1 saturated carbocycles. The van der Waals surface area contributed by atoms with E-state index < -0.39 is 0 Å². The Kier molecular flexibility index (Phi) is 5.82. The standard InChI is InChI=1S/C15H31N/c1-11(2)10-15(16-5)14-8-6-13(7-9-14)12(3)4/h11-16H,6-10H2,1-5H3. The van der Waals surface area contributed by atoms with Crippen LogP contribution in [-0.2, 0) is 0 Å². The minimum absolute atomic E-state index is 0.758. The lowest BCUT2D eigenvalue weighted by Gasteiger charge is -2.36. The van der Waals surface area contributed by atoms with E-state index in [1.165, 1.54) is 32.1 Å². The third-order valence-electron chi connectivity index (χ3n) is 4.42. The molecule has 0 bridgehead atoms. The number of rotatable bonds is 5. The van der Waals surface area contributed by atoms with E-state index in [4.69, 9.17) is 0 Å². The molecule has 0 saturated heterocycles. The summed E-state index contributed by atoms with van der Waals surface area (Å²) in [6.07, 6.45) is 7.15. The average molecular weight is 225 g/mol. The number of hydrogen-bond donors (Lipinski definition) is 1. The summed E-state index contributed by atoms with van der Waals surface area (Å²) in [5, 5.41) is 3.55. The largest absolute Gasteiger partial charge is 0.317 e. The van der Waals surface area contributed by atoms with Crippen LogP contribution in [0.2, 0.25) is 0 Å². The first kappa shape index (κ1) is 14.0. The SMILES string of the molecule is CNC(CC(C)C)C1CCC(C(C)C)CC1. The molecule has 0 aliphatic heterocycles. The maximum Gasteiger partial charge on any atom is 0.00947 e. The number of nitrogens with one attached hydrogen (secondary N) is 1. The fourth-order valence-corrected chi connectivity index (χ4v) is 3.27. The Morgan fingerprint density at radius 3 is 1.81 bits per heavy atom. The van der Waals surface area contributed by atoms with Gasteiger partial charge in [-0.3, -0.25) is 0 Å². The Bertz CT molecular complexity index is 178. The fourth-order valence-electron chi connectivity index (χ4n) is 3.27. The van der Waals surface area contributed by atoms with Crippen LogP contribution in [-0.4, -0.2) is 13.1 Å². The van der Waals surface area contributed by atoms with Crippen molar-refractivity contribution in [3.63, 3.8) is 0 Å². The molecule has 0 aromatic heterocycles. The van der Waals surface area contributed by atoms with Crippen molar-refractivity contribution in [3.8, 4) is 0 Å². The molecule has 1 heteroatoms. The van der Waals surface area contributed by atoms with Gasteiger partial charge in [-0.15, -0.1) is 0 Å². The van der Waals surface area contributed by atoms with Gasteiger partial charge < -0.3 is 5.32 Å². The van der Waals surface area contributed by atoms with E-state index in [0.717, 1.165) is 29.7 Å². The second kappa shape index (κ2) is 6.64. The highest BCUT2D eigenvalue weighted by atomic mass is 14.9. The molecule has 1 nitrogen and oxygen atoms in total. The zero-order valence-electron chi connectivity index (χ0n) is 11.9. The average Bonchev–Trinajstić information content (AvgIpc) is 2.25. The van der Waals surface area contributed by atoms with E-state index in [1.807, 2.05) is 0 Å². The third-order valence-corrected chi connectivity index (χ3v) is 4.42. The molecule has 1 N–H and O–H groups in total. The van der Waals surface area contributed by atoms with Crippen LogP contribution in [0.15, 0.2) is 0 Å². The Labute approximate surface area is 102 Å². The van der Waals surface area contributed by atoms with Crippen LogP contribution in [0.1, 0.15) is 59.8 Å². The van der Waals surface area contributed by atoms with Gasteiger partial charge in [0.2, 0.25) is 0 Å². The normalized spacial score (nSPS) is 28.7. The van der Waals surface area contributed by atoms with Crippen molar-refractivity contribution in [2.75, 3.05) is 7.05 Å². The highest BCUT2D eigenvalue weighted by Crippen LogP contribution is 2.35. The molecular formula is C15H31N. The van der Waals surface area contributed by atoms with Crippen LogP contribution in [0.5, 0.6) is 0 Å². The van der Waals surface area contributed by atoms with Crippen LogP contribution >= 0.6 is 0 Å². The minimum atomic E-state index is 0.758. The molecular weight excluding hydrogens is 194 g/mol. The van der Waals surface area contributed by atoms with Gasteiger partial charge in [0.25, 0.3) is 0 Å². The second-order valence-electron chi connectivity index (χ2n) is 6.44. The van der Waals surface area contributed by atoms with Gasteiger partial charge in [-0.1, -0.05) is 27.7 Å². The Balaban J connectivity index is 2.38. The van der Waals surface area contributed by atoms with E-state index in [2.05, 4.69) is 40.1 Å². The smallest absolute Gasteiger partial charge is 0.00947 e. The monoisotopic (exact) mass is 225 g/mol. The Morgan fingerprint density at radius 1 is 0.938 bits per heavy atom. The van der Waals surface area contributed by atoms with Crippen molar-refractivity contribution >= 4 is 0 Å². The first-order valence-electron chi connectivity index (χ1n) is 7.21. The molecule has 1 unspecified atom stereocenters. The van der Waals surface area contributed by atoms with Crippen molar-refractivity contribution in [2.24, 2.45) is 23.7 Å². The summed E-state index contributed by atoms with van der Waals surface area (Å²) < 4.78 is 0. The van der Waals surface area contributed by atoms with E-state index >= 15 is 0 Å². The lowest BCUT2D eigenvalue weighted by molar-refractivity contribution is 0.181. The van der Waals surface area contributed by atoms with Gasteiger partial charge >= 0.3 is 0 Å². The lowest BCUT2D eigenvalue weighted by atomic mass is 9.73. The molecule has 0 aromatic rings. The van der Waals surface area contributed by atoms with Gasteiger partial charge in [0.05, 0.1) is 0 Å². The van der Waals surface area contributed by atoms with Crippen LogP contribution in [0.3, 0.4) is 0 Å². The fraction of sp³-hybridized carbons (Fsp3) is 1.00. The van der Waals surface area contributed by atoms with Crippen molar-refractivity contribution in [2.45, 2.75) is 65.8 Å². The predicted molar refractivity (Wildman–Crippen MR) is 72.6 cm³/mol. The summed E-state index contributed by atoms with van der Waals surface area (Å²) >= 11 is 0. The summed E-state index contributed by atoms with van der Waals surface area (Å²) in [7, 11) is 2.14. The van der Waals surface area contributed by atoms with Crippen molar-refractivity contribution in [3.05, 3.63) is 0 Å². The first-order chi connectivity index (χ1) is 7.54. The van der Waals surface area contributed by atoms with Gasteiger partial charge in [0.15, 0.2) is 0 Å². The maximum absolute atomic E-state index is 3.55. The van der Waals surface area contributed by atoms with Crippen molar-refractivity contribution in [1.82, 2.24) is 5.32 Å². The van der Waals surface area contributed by atoms with Crippen molar-refractivity contribution < 1.29 is 0 Å². The molecule has 0 aromatic carbocycles. The molecule has 0 spiro atoms. The summed E-state index contributed by atoms with van der Waals surface area (Å²) in [6.45, 7) is 9.44. The van der Waals surface area contributed by atoms with Crippen LogP contribution in [0.4, 0.5) is 0 Å². The summed E-state index contributed by atoms with van der Waals surface area (Å²) in [4.78, 5) is 0. The van der Waals surface area contributed by atoms with Gasteiger partial charge in [-0.25, -0.2) is 0 Å². The molecule has 1 aliphatic rings. The highest BCUT2D eigenvalue weighted by Gasteiger charge is 2.28. The van der Waals surface area contributed by atoms with Gasteiger partial charge in [0.1, 0.15) is 0 Å². The molecule has 0 radical (unpaired) electrons. The predicted octanol–water partition coefficient (Wildman–Crippen LogP) is 4.08. The van der Waals surface area contributed by atoms with E-state index in [1.54, 1.807) is 0 Å². The summed E-state index contributed by atoms with van der Waals surface area (Å²) in [6, 6.07) is 0.758. The quantitative estimate of drug-likeness (QED) is 0.743. The van der Waals surface area contributed by atoms with Gasteiger partial charge in [0, 0.05) is 6.04 Å². The number of hydrogen-bond acceptors (Lipinski definition) is 1. The minimum Gasteiger partial charge on any atom is -0.317 e. The van der Waals surface area contributed by atoms with Crippen LogP contribution in [0.25, 0.3) is 0 Å². The Morgan fingerprint density at radius 2 is 1.44 bits per heavy atom. The molecule has 96 valence electrons. The molecule has 1 fully saturated rings. The summed E-state index contributed by atoms with van der Waals surface area (Å²) in [5.41, 5.74) is 0. The topological polar surface area (TPSA) is 12.0 Å². The van der Waals surface area contributed by atoms with Crippen LogP contribution in [0, 0.1) is 23.7 Å². The molecule has 0 amide bonds.